The average molecular weight is 196 g/mol. The van der Waals surface area contributed by atoms with E-state index in [-0.39, 0.29) is 58.2 Å². The predicted octanol–water partition coefficient (Wildman–Crippen LogP) is -2.34. The Hall–Kier alpha value is 1.86. The van der Waals surface area contributed by atoms with Crippen LogP contribution in [0.5, 0.6) is 0 Å². The third-order valence-corrected chi connectivity index (χ3v) is 0.822. The molecule has 0 aromatic heterocycles. The van der Waals surface area contributed by atoms with Crippen LogP contribution in [0, 0.1) is 0 Å². The molecule has 0 spiro atoms. The van der Waals surface area contributed by atoms with Gasteiger partial charge in [0.05, 0.1) is 0 Å². The maximum atomic E-state index is 7.85. The van der Waals surface area contributed by atoms with E-state index in [1.807, 2.05) is 0 Å². The van der Waals surface area contributed by atoms with Gasteiger partial charge >= 0.3 is 9.05 Å². The fraction of sp³-hybridized carbons (Fsp3) is 1.00. The van der Waals surface area contributed by atoms with Gasteiger partial charge in [0.1, 0.15) is 0 Å². The number of hydrogen-bond donors (Lipinski definition) is 3. The first-order chi connectivity index (χ1) is 2.56. The van der Waals surface area contributed by atoms with Crippen molar-refractivity contribution < 1.29 is 18.8 Å². The van der Waals surface area contributed by atoms with Crippen molar-refractivity contribution in [3.63, 3.8) is 0 Å². The normalized spacial score (nSPS) is 10.3. The summed E-state index contributed by atoms with van der Waals surface area (Å²) in [5.74, 6) is 0. The molecule has 0 aliphatic carbocycles. The smallest absolute Gasteiger partial charge is 0.368 e. The summed E-state index contributed by atoms with van der Waals surface area (Å²) in [6.45, 7) is 0. The molecule has 0 fully saturated rings. The molecular weight excluding hydrogens is 190 g/mol. The molecule has 0 aliphatic heterocycles. The third-order valence-electron chi connectivity index (χ3n) is 0.274. The Balaban J connectivity index is 0. The first-order valence-corrected chi connectivity index (χ1v) is 3.03. The topological polar surface area (TPSA) is 69.9 Å². The van der Waals surface area contributed by atoms with Gasteiger partial charge in [-0.25, -0.2) is 0 Å². The second-order valence-corrected chi connectivity index (χ2v) is 2.33. The minimum Gasteiger partial charge on any atom is -0.368 e. The fourth-order valence-electron chi connectivity index (χ4n) is 0. The summed E-state index contributed by atoms with van der Waals surface area (Å²) in [6.07, 6.45) is 0. The van der Waals surface area contributed by atoms with Crippen molar-refractivity contribution in [3.05, 3.63) is 0 Å². The van der Waals surface area contributed by atoms with E-state index >= 15 is 0 Å². The van der Waals surface area contributed by atoms with Gasteiger partial charge in [-0.05, 0) is 0 Å². The minimum atomic E-state index is -4.13. The first-order valence-electron chi connectivity index (χ1n) is 1.28. The zero-order valence-electron chi connectivity index (χ0n) is 4.25. The molecule has 0 aromatic rings. The summed E-state index contributed by atoms with van der Waals surface area (Å²) in [4.78, 5) is 23.6. The molecule has 6 heteroatoms. The van der Waals surface area contributed by atoms with Crippen molar-refractivity contribution in [2.45, 2.75) is 0 Å². The van der Waals surface area contributed by atoms with Gasteiger partial charge in [0.15, 0.2) is 0 Å². The van der Waals surface area contributed by atoms with Gasteiger partial charge in [-0.3, -0.25) is 0 Å². The van der Waals surface area contributed by atoms with E-state index in [2.05, 4.69) is 4.43 Å². The second-order valence-electron chi connectivity index (χ2n) is 0.778. The maximum absolute atomic E-state index is 7.85. The fourth-order valence-corrected chi connectivity index (χ4v) is 0. The van der Waals surface area contributed by atoms with Gasteiger partial charge in [0.25, 0.3) is 0 Å². The van der Waals surface area contributed by atoms with E-state index in [4.69, 9.17) is 14.4 Å². The van der Waals surface area contributed by atoms with Gasteiger partial charge in [0, 0.05) is 65.3 Å². The van der Waals surface area contributed by atoms with Crippen molar-refractivity contribution in [1.29, 1.82) is 0 Å². The molecule has 0 heterocycles. The SMILES string of the molecule is CO[Si](O)(O)O.[Rb]. The van der Waals surface area contributed by atoms with Crippen molar-refractivity contribution in [3.8, 4) is 0 Å². The molecule has 0 saturated carbocycles. The zero-order valence-corrected chi connectivity index (χ0v) is 10.2. The van der Waals surface area contributed by atoms with Crippen LogP contribution in [0.2, 0.25) is 0 Å². The van der Waals surface area contributed by atoms with Crippen LogP contribution < -0.4 is 0 Å². The zero-order chi connectivity index (χ0) is 5.21. The van der Waals surface area contributed by atoms with E-state index in [0.717, 1.165) is 7.11 Å². The predicted molar refractivity (Wildman–Crippen MR) is 25.2 cm³/mol. The van der Waals surface area contributed by atoms with Gasteiger partial charge in [0.2, 0.25) is 0 Å². The quantitative estimate of drug-likeness (QED) is 0.411. The average Bonchev–Trinajstić information content (AvgIpc) is 1.35. The maximum Gasteiger partial charge on any atom is 0.671 e. The van der Waals surface area contributed by atoms with Gasteiger partial charge in [-0.1, -0.05) is 0 Å². The minimum absolute atomic E-state index is 0. The summed E-state index contributed by atoms with van der Waals surface area (Å²) >= 11 is 0. The number of rotatable bonds is 1. The molecule has 1 radical (unpaired) electrons. The van der Waals surface area contributed by atoms with Crippen LogP contribution >= 0.6 is 0 Å². The molecule has 0 amide bonds. The molecule has 39 valence electrons. The second kappa shape index (κ2) is 4.71. The molecule has 0 bridgehead atoms. The van der Waals surface area contributed by atoms with Crippen LogP contribution in [0.15, 0.2) is 0 Å². The standard InChI is InChI=1S/CH6O4Si.Rb/c1-5-6(2,3)4;/h2-4H,1H3;. The van der Waals surface area contributed by atoms with Crippen LogP contribution in [0.3, 0.4) is 0 Å². The van der Waals surface area contributed by atoms with Gasteiger partial charge in [-0.2, -0.15) is 0 Å². The molecule has 0 aromatic carbocycles. The van der Waals surface area contributed by atoms with Crippen LogP contribution in [0.1, 0.15) is 0 Å². The first kappa shape index (κ1) is 11.6. The van der Waals surface area contributed by atoms with Gasteiger partial charge < -0.3 is 18.8 Å². The van der Waals surface area contributed by atoms with E-state index in [9.17, 15) is 0 Å². The molecule has 0 rings (SSSR count). The summed E-state index contributed by atoms with van der Waals surface area (Å²) in [7, 11) is -3.11. The Morgan fingerprint density at radius 1 is 1.29 bits per heavy atom. The van der Waals surface area contributed by atoms with Crippen molar-refractivity contribution in [2.24, 2.45) is 0 Å². The third kappa shape index (κ3) is 11.4. The van der Waals surface area contributed by atoms with Crippen LogP contribution in [-0.2, 0) is 4.43 Å². The van der Waals surface area contributed by atoms with Crippen molar-refractivity contribution >= 4 is 67.2 Å². The van der Waals surface area contributed by atoms with E-state index in [0.29, 0.717) is 0 Å². The van der Waals surface area contributed by atoms with Crippen LogP contribution in [-0.4, -0.2) is 88.7 Å². The molecule has 0 aliphatic rings. The summed E-state index contributed by atoms with van der Waals surface area (Å²) < 4.78 is 3.74. The Morgan fingerprint density at radius 3 is 1.43 bits per heavy atom. The molecule has 0 unspecified atom stereocenters. The van der Waals surface area contributed by atoms with Crippen molar-refractivity contribution in [1.82, 2.24) is 0 Å². The van der Waals surface area contributed by atoms with Crippen LogP contribution in [0.4, 0.5) is 0 Å². The molecule has 4 nitrogen and oxygen atoms in total. The Kier molecular flexibility index (Phi) is 7.83. The molecule has 0 saturated heterocycles. The number of hydrogen-bond acceptors (Lipinski definition) is 4. The molecule has 3 N–H and O–H groups in total. The Labute approximate surface area is 91.4 Å². The Bertz CT molecular complexity index is 41.4. The summed E-state index contributed by atoms with van der Waals surface area (Å²) in [5.41, 5.74) is 0. The van der Waals surface area contributed by atoms with E-state index in [1.54, 1.807) is 0 Å². The largest absolute Gasteiger partial charge is 0.671 e. The Morgan fingerprint density at radius 2 is 1.43 bits per heavy atom. The summed E-state index contributed by atoms with van der Waals surface area (Å²) in [5, 5.41) is 0. The molecule has 0 atom stereocenters. The molecular formula is CH6O4RbSi. The molecule has 7 heavy (non-hydrogen) atoms. The van der Waals surface area contributed by atoms with Crippen LogP contribution in [0.25, 0.3) is 0 Å². The van der Waals surface area contributed by atoms with Gasteiger partial charge in [-0.15, -0.1) is 0 Å². The summed E-state index contributed by atoms with van der Waals surface area (Å²) in [6, 6.07) is 0. The van der Waals surface area contributed by atoms with E-state index in [1.165, 1.54) is 0 Å². The monoisotopic (exact) mass is 195 g/mol. The van der Waals surface area contributed by atoms with Crippen molar-refractivity contribution in [2.75, 3.05) is 7.11 Å². The van der Waals surface area contributed by atoms with E-state index < -0.39 is 9.05 Å².